The predicted molar refractivity (Wildman–Crippen MR) is 164 cm³/mol. The number of carbonyl (C=O) groups excluding carboxylic acids is 1. The van der Waals surface area contributed by atoms with Crippen molar-refractivity contribution in [1.29, 1.82) is 0 Å². The molecule has 0 bridgehead atoms. The first-order chi connectivity index (χ1) is 20.6. The summed E-state index contributed by atoms with van der Waals surface area (Å²) in [5.41, 5.74) is 2.73. The van der Waals surface area contributed by atoms with Crippen LogP contribution in [0.3, 0.4) is 0 Å². The number of pyridine rings is 1. The Balaban J connectivity index is 1.39. The number of piperidine rings is 1. The molecule has 3 fully saturated rings. The maximum Gasteiger partial charge on any atom is 0.256 e. The van der Waals surface area contributed by atoms with Crippen molar-refractivity contribution >= 4 is 11.6 Å². The van der Waals surface area contributed by atoms with Gasteiger partial charge in [0.15, 0.2) is 0 Å². The number of aromatic amines is 1. The van der Waals surface area contributed by atoms with Gasteiger partial charge in [0.1, 0.15) is 17.6 Å². The van der Waals surface area contributed by atoms with Crippen molar-refractivity contribution in [3.63, 3.8) is 0 Å². The quantitative estimate of drug-likeness (QED) is 0.362. The van der Waals surface area contributed by atoms with Crippen molar-refractivity contribution in [3.05, 3.63) is 50.9 Å². The fourth-order valence-electron chi connectivity index (χ4n) is 6.95. The molecule has 1 amide bonds. The molecule has 2 N–H and O–H groups in total. The Hall–Kier alpha value is -3.14. The third-order valence-electron chi connectivity index (χ3n) is 9.53. The number of hydrogen-bond acceptors (Lipinski definition) is 6. The minimum Gasteiger partial charge on any atom is -0.496 e. The lowest BCUT2D eigenvalue weighted by atomic mass is 9.86. The second-order valence-electron chi connectivity index (χ2n) is 12.5. The van der Waals surface area contributed by atoms with Crippen molar-refractivity contribution in [2.45, 2.75) is 109 Å². The molecule has 0 spiro atoms. The molecule has 2 heterocycles. The number of halogens is 2. The zero-order valence-electron chi connectivity index (χ0n) is 25.9. The Kier molecular flexibility index (Phi) is 9.63. The maximum atomic E-state index is 14.0. The van der Waals surface area contributed by atoms with Crippen LogP contribution in [-0.2, 0) is 6.54 Å². The molecule has 1 aromatic carbocycles. The van der Waals surface area contributed by atoms with E-state index >= 15 is 0 Å². The van der Waals surface area contributed by atoms with Crippen LogP contribution >= 0.6 is 0 Å². The monoisotopic (exact) mass is 600 g/mol. The van der Waals surface area contributed by atoms with E-state index in [1.54, 1.807) is 19.1 Å². The summed E-state index contributed by atoms with van der Waals surface area (Å²) in [6, 6.07) is 5.98. The van der Waals surface area contributed by atoms with Crippen LogP contribution in [0.25, 0.3) is 0 Å². The van der Waals surface area contributed by atoms with Gasteiger partial charge in [-0.2, -0.15) is 0 Å². The summed E-state index contributed by atoms with van der Waals surface area (Å²) in [5.74, 6) is -1.93. The normalized spacial score (nSPS) is 22.5. The molecule has 2 aliphatic carbocycles. The molecule has 8 nitrogen and oxygen atoms in total. The lowest BCUT2D eigenvalue weighted by Crippen LogP contribution is -2.50. The fourth-order valence-corrected chi connectivity index (χ4v) is 6.95. The molecule has 1 aliphatic heterocycles. The molecule has 3 aliphatic rings. The first-order valence-corrected chi connectivity index (χ1v) is 15.8. The number of likely N-dealkylation sites (tertiary alicyclic amines) is 1. The number of nitrogens with zero attached hydrogens (tertiary/aromatic N) is 2. The number of hydrogen-bond donors (Lipinski definition) is 2. The van der Waals surface area contributed by atoms with Crippen molar-refractivity contribution < 1.29 is 23.0 Å². The molecule has 10 heteroatoms. The number of H-pyrrole nitrogens is 1. The number of methoxy groups -OCH3 is 1. The molecule has 0 unspecified atom stereocenters. The highest BCUT2D eigenvalue weighted by Crippen LogP contribution is 2.40. The minimum atomic E-state index is -2.62. The SMILES string of the molecule is CCN(c1cc(OC2CC(N3CCCCC3)C2)cc(C(=O)NCc2c(OC)cc(C)[nH]c2=O)c1C)C1CCC(F)(F)CC1. The predicted octanol–water partition coefficient (Wildman–Crippen LogP) is 5.73. The maximum absolute atomic E-state index is 14.0. The van der Waals surface area contributed by atoms with Crippen LogP contribution in [0.15, 0.2) is 23.0 Å². The molecule has 1 aromatic heterocycles. The van der Waals surface area contributed by atoms with E-state index < -0.39 is 5.92 Å². The fraction of sp³-hybridized carbons (Fsp3) is 0.636. The van der Waals surface area contributed by atoms with Crippen LogP contribution in [0.4, 0.5) is 14.5 Å². The average Bonchev–Trinajstić information content (AvgIpc) is 2.96. The van der Waals surface area contributed by atoms with Crippen molar-refractivity contribution in [3.8, 4) is 11.5 Å². The third-order valence-corrected chi connectivity index (χ3v) is 9.53. The first-order valence-electron chi connectivity index (χ1n) is 15.8. The van der Waals surface area contributed by atoms with Gasteiger partial charge in [-0.25, -0.2) is 8.78 Å². The Labute approximate surface area is 253 Å². The smallest absolute Gasteiger partial charge is 0.256 e. The number of rotatable bonds is 10. The van der Waals surface area contributed by atoms with Gasteiger partial charge in [0.05, 0.1) is 19.2 Å². The van der Waals surface area contributed by atoms with Crippen molar-refractivity contribution in [2.75, 3.05) is 31.6 Å². The zero-order chi connectivity index (χ0) is 30.7. The number of alkyl halides is 2. The molecular weight excluding hydrogens is 554 g/mol. The van der Waals surface area contributed by atoms with E-state index in [1.165, 1.54) is 26.4 Å². The number of ether oxygens (including phenoxy) is 2. The van der Waals surface area contributed by atoms with Crippen LogP contribution in [0, 0.1) is 13.8 Å². The topological polar surface area (TPSA) is 86.9 Å². The van der Waals surface area contributed by atoms with Gasteiger partial charge in [0.25, 0.3) is 11.5 Å². The molecule has 236 valence electrons. The number of benzene rings is 1. The summed E-state index contributed by atoms with van der Waals surface area (Å²) in [4.78, 5) is 33.8. The van der Waals surface area contributed by atoms with E-state index in [4.69, 9.17) is 9.47 Å². The minimum absolute atomic E-state index is 0.00713. The summed E-state index contributed by atoms with van der Waals surface area (Å²) < 4.78 is 39.9. The van der Waals surface area contributed by atoms with E-state index in [2.05, 4.69) is 20.1 Å². The highest BCUT2D eigenvalue weighted by molar-refractivity contribution is 5.97. The summed E-state index contributed by atoms with van der Waals surface area (Å²) >= 11 is 0. The molecular formula is C33H46F2N4O4. The largest absolute Gasteiger partial charge is 0.496 e. The van der Waals surface area contributed by atoms with Crippen molar-refractivity contribution in [2.24, 2.45) is 0 Å². The third kappa shape index (κ3) is 7.16. The number of aryl methyl sites for hydroxylation is 1. The van der Waals surface area contributed by atoms with Crippen LogP contribution in [0.5, 0.6) is 11.5 Å². The first kappa shape index (κ1) is 31.3. The molecule has 1 saturated heterocycles. The molecule has 0 atom stereocenters. The van der Waals surface area contributed by atoms with Crippen LogP contribution in [-0.4, -0.2) is 66.6 Å². The van der Waals surface area contributed by atoms with E-state index in [1.807, 2.05) is 19.9 Å². The standard InChI is InChI=1S/C33H46F2N4O4/c1-5-39(23-9-11-33(34,35)12-10-23)29-19-26(43-25-16-24(17-25)38-13-7-6-8-14-38)18-27(22(29)3)31(40)36-20-28-30(42-4)15-21(2)37-32(28)41/h15,18-19,23-25H,5-14,16-17,20H2,1-4H3,(H,36,40)(H,37,41). The van der Waals surface area contributed by atoms with Crippen LogP contribution < -0.4 is 25.2 Å². The van der Waals surface area contributed by atoms with E-state index in [9.17, 15) is 18.4 Å². The van der Waals surface area contributed by atoms with Gasteiger partial charge in [0, 0.05) is 67.3 Å². The number of aromatic nitrogens is 1. The summed E-state index contributed by atoms with van der Waals surface area (Å²) in [6.07, 6.45) is 6.30. The Morgan fingerprint density at radius 2 is 1.81 bits per heavy atom. The van der Waals surface area contributed by atoms with Gasteiger partial charge in [-0.1, -0.05) is 6.42 Å². The molecule has 0 radical (unpaired) electrons. The van der Waals surface area contributed by atoms with Gasteiger partial charge in [-0.15, -0.1) is 0 Å². The number of amides is 1. The Bertz CT molecular complexity index is 1340. The van der Waals surface area contributed by atoms with Crippen LogP contribution in [0.1, 0.15) is 91.9 Å². The van der Waals surface area contributed by atoms with E-state index in [0.29, 0.717) is 53.7 Å². The van der Waals surface area contributed by atoms with Crippen molar-refractivity contribution in [1.82, 2.24) is 15.2 Å². The van der Waals surface area contributed by atoms with Gasteiger partial charge in [-0.3, -0.25) is 9.59 Å². The Morgan fingerprint density at radius 3 is 2.47 bits per heavy atom. The number of anilines is 1. The average molecular weight is 601 g/mol. The molecule has 2 aromatic rings. The highest BCUT2D eigenvalue weighted by Gasteiger charge is 2.38. The summed E-state index contributed by atoms with van der Waals surface area (Å²) in [7, 11) is 1.49. The van der Waals surface area contributed by atoms with Gasteiger partial charge in [0.2, 0.25) is 5.92 Å². The molecule has 5 rings (SSSR count). The second-order valence-corrected chi connectivity index (χ2v) is 12.5. The Morgan fingerprint density at radius 1 is 1.12 bits per heavy atom. The van der Waals surface area contributed by atoms with Gasteiger partial charge < -0.3 is 29.6 Å². The summed E-state index contributed by atoms with van der Waals surface area (Å²) in [6.45, 7) is 8.60. The van der Waals surface area contributed by atoms with E-state index in [0.717, 1.165) is 37.2 Å². The van der Waals surface area contributed by atoms with Gasteiger partial charge in [-0.05, 0) is 77.2 Å². The number of nitrogens with one attached hydrogen (secondary N) is 2. The lowest BCUT2D eigenvalue weighted by Gasteiger charge is -2.44. The lowest BCUT2D eigenvalue weighted by molar-refractivity contribution is -0.0380. The van der Waals surface area contributed by atoms with E-state index in [-0.39, 0.29) is 43.0 Å². The molecule has 2 saturated carbocycles. The van der Waals surface area contributed by atoms with Gasteiger partial charge >= 0.3 is 0 Å². The molecule has 43 heavy (non-hydrogen) atoms. The number of carbonyl (C=O) groups is 1. The zero-order valence-corrected chi connectivity index (χ0v) is 25.9. The summed E-state index contributed by atoms with van der Waals surface area (Å²) in [5, 5.41) is 2.91. The van der Waals surface area contributed by atoms with Crippen LogP contribution in [0.2, 0.25) is 0 Å². The highest BCUT2D eigenvalue weighted by atomic mass is 19.3. The second kappa shape index (κ2) is 13.2.